The number of amides is 1. The number of fused-ring (bicyclic) bond motifs is 1. The average Bonchev–Trinajstić information content (AvgIpc) is 3.40. The Morgan fingerprint density at radius 1 is 1.08 bits per heavy atom. The summed E-state index contributed by atoms with van der Waals surface area (Å²) in [6.45, 7) is 8.66. The van der Waals surface area contributed by atoms with Gasteiger partial charge >= 0.3 is 0 Å². The topological polar surface area (TPSA) is 169 Å². The highest BCUT2D eigenvalue weighted by Gasteiger charge is 2.34. The molecule has 13 nitrogen and oxygen atoms in total. The van der Waals surface area contributed by atoms with Crippen molar-refractivity contribution in [2.24, 2.45) is 5.92 Å². The van der Waals surface area contributed by atoms with Gasteiger partial charge in [0.25, 0.3) is 15.9 Å². The fourth-order valence-electron chi connectivity index (χ4n) is 5.61. The van der Waals surface area contributed by atoms with Crippen molar-refractivity contribution >= 4 is 31.6 Å². The normalized spacial score (nSPS) is 20.9. The van der Waals surface area contributed by atoms with Crippen LogP contribution in [0.3, 0.4) is 0 Å². The number of hydrogen-bond acceptors (Lipinski definition) is 10. The minimum absolute atomic E-state index is 0.00791. The fraction of sp³-hybridized carbons (Fsp3) is 0.515. The summed E-state index contributed by atoms with van der Waals surface area (Å²) in [5.74, 6) is -0.406. The SMILES string of the molecule is Cc1noc(C)c1S(=O)(=O)N(C)C[C@H]1OCCCC[C@@H](C)Oc2ccc(NS(=O)(=O)c3ccccc3)cc2C(=O)N([C@H](C)CO)C[C@@H]1C. The van der Waals surface area contributed by atoms with E-state index >= 15 is 0 Å². The van der Waals surface area contributed by atoms with Gasteiger partial charge < -0.3 is 24.0 Å². The molecule has 48 heavy (non-hydrogen) atoms. The lowest BCUT2D eigenvalue weighted by Gasteiger charge is -2.35. The highest BCUT2D eigenvalue weighted by atomic mass is 32.2. The number of benzene rings is 2. The number of likely N-dealkylation sites (N-methyl/N-ethyl adjacent to an activating group) is 1. The van der Waals surface area contributed by atoms with Gasteiger partial charge in [-0.2, -0.15) is 4.31 Å². The molecule has 4 rings (SSSR count). The number of rotatable bonds is 9. The maximum atomic E-state index is 14.4. The minimum Gasteiger partial charge on any atom is -0.490 e. The molecule has 15 heteroatoms. The molecular formula is C33H46N4O9S2. The van der Waals surface area contributed by atoms with Crippen molar-refractivity contribution < 1.29 is 40.7 Å². The molecule has 0 bridgehead atoms. The van der Waals surface area contributed by atoms with Crippen molar-refractivity contribution in [3.63, 3.8) is 0 Å². The third-order valence-electron chi connectivity index (χ3n) is 8.43. The Morgan fingerprint density at radius 3 is 2.44 bits per heavy atom. The molecule has 1 amide bonds. The first-order valence-electron chi connectivity index (χ1n) is 16.0. The summed E-state index contributed by atoms with van der Waals surface area (Å²) in [5.41, 5.74) is 0.545. The van der Waals surface area contributed by atoms with E-state index in [-0.39, 0.29) is 64.0 Å². The molecule has 0 unspecified atom stereocenters. The van der Waals surface area contributed by atoms with E-state index in [9.17, 15) is 26.7 Å². The Bertz CT molecular complexity index is 1740. The van der Waals surface area contributed by atoms with E-state index in [1.54, 1.807) is 51.1 Å². The van der Waals surface area contributed by atoms with E-state index in [0.29, 0.717) is 19.4 Å². The average molecular weight is 707 g/mol. The van der Waals surface area contributed by atoms with Crippen LogP contribution in [0, 0.1) is 19.8 Å². The maximum absolute atomic E-state index is 14.4. The second kappa shape index (κ2) is 15.8. The zero-order valence-corrected chi connectivity index (χ0v) is 29.9. The van der Waals surface area contributed by atoms with Gasteiger partial charge in [0.15, 0.2) is 5.76 Å². The first kappa shape index (κ1) is 37.3. The summed E-state index contributed by atoms with van der Waals surface area (Å²) >= 11 is 0. The fourth-order valence-corrected chi connectivity index (χ4v) is 8.15. The van der Waals surface area contributed by atoms with Crippen LogP contribution in [0.25, 0.3) is 0 Å². The van der Waals surface area contributed by atoms with Crippen molar-refractivity contribution in [2.45, 2.75) is 81.9 Å². The third kappa shape index (κ3) is 8.74. The smallest absolute Gasteiger partial charge is 0.261 e. The van der Waals surface area contributed by atoms with Gasteiger partial charge in [0.2, 0.25) is 10.0 Å². The number of aryl methyl sites for hydroxylation is 2. The van der Waals surface area contributed by atoms with Crippen LogP contribution in [-0.2, 0) is 24.8 Å². The van der Waals surface area contributed by atoms with Crippen LogP contribution in [-0.4, -0.2) is 93.8 Å². The van der Waals surface area contributed by atoms with E-state index < -0.39 is 44.0 Å². The zero-order valence-electron chi connectivity index (χ0n) is 28.2. The summed E-state index contributed by atoms with van der Waals surface area (Å²) in [6, 6.07) is 11.8. The van der Waals surface area contributed by atoms with Crippen LogP contribution < -0.4 is 9.46 Å². The molecule has 2 N–H and O–H groups in total. The Kier molecular flexibility index (Phi) is 12.3. The highest BCUT2D eigenvalue weighted by molar-refractivity contribution is 7.92. The largest absolute Gasteiger partial charge is 0.490 e. The molecule has 0 saturated carbocycles. The molecule has 264 valence electrons. The first-order valence-corrected chi connectivity index (χ1v) is 18.9. The van der Waals surface area contributed by atoms with Gasteiger partial charge in [-0.05, 0) is 77.3 Å². The van der Waals surface area contributed by atoms with Crippen LogP contribution in [0.15, 0.2) is 62.8 Å². The van der Waals surface area contributed by atoms with Gasteiger partial charge in [0, 0.05) is 38.3 Å². The number of aliphatic hydroxyl groups is 1. The van der Waals surface area contributed by atoms with Gasteiger partial charge in [-0.3, -0.25) is 9.52 Å². The summed E-state index contributed by atoms with van der Waals surface area (Å²) in [6.07, 6.45) is 1.19. The molecule has 1 aliphatic heterocycles. The monoisotopic (exact) mass is 706 g/mol. The van der Waals surface area contributed by atoms with Crippen LogP contribution in [0.4, 0.5) is 5.69 Å². The van der Waals surface area contributed by atoms with Crippen LogP contribution in [0.5, 0.6) is 5.75 Å². The van der Waals surface area contributed by atoms with Crippen LogP contribution in [0.2, 0.25) is 0 Å². The molecule has 0 saturated heterocycles. The molecular weight excluding hydrogens is 661 g/mol. The van der Waals surface area contributed by atoms with Gasteiger partial charge in [-0.25, -0.2) is 16.8 Å². The third-order valence-corrected chi connectivity index (χ3v) is 11.9. The van der Waals surface area contributed by atoms with E-state index in [2.05, 4.69) is 9.88 Å². The van der Waals surface area contributed by atoms with Crippen molar-refractivity contribution in [3.05, 3.63) is 65.5 Å². The molecule has 4 atom stereocenters. The van der Waals surface area contributed by atoms with Crippen molar-refractivity contribution in [3.8, 4) is 5.75 Å². The Morgan fingerprint density at radius 2 is 1.79 bits per heavy atom. The van der Waals surface area contributed by atoms with Gasteiger partial charge in [0.1, 0.15) is 16.3 Å². The van der Waals surface area contributed by atoms with E-state index in [4.69, 9.17) is 14.0 Å². The van der Waals surface area contributed by atoms with Crippen molar-refractivity contribution in [2.75, 3.05) is 38.1 Å². The van der Waals surface area contributed by atoms with Crippen LogP contribution >= 0.6 is 0 Å². The van der Waals surface area contributed by atoms with Gasteiger partial charge in [-0.1, -0.05) is 30.3 Å². The quantitative estimate of drug-likeness (QED) is 0.329. The van der Waals surface area contributed by atoms with E-state index in [1.165, 1.54) is 34.5 Å². The Labute approximate surface area is 283 Å². The second-order valence-corrected chi connectivity index (χ2v) is 16.0. The summed E-state index contributed by atoms with van der Waals surface area (Å²) in [5, 5.41) is 14.0. The number of anilines is 1. The predicted molar refractivity (Wildman–Crippen MR) is 180 cm³/mol. The highest BCUT2D eigenvalue weighted by Crippen LogP contribution is 2.30. The molecule has 2 heterocycles. The first-order chi connectivity index (χ1) is 22.6. The molecule has 0 aliphatic carbocycles. The standard InChI is InChI=1S/C33H46N4O9S2/c1-22-19-37(23(2)21-38)33(39)29-18-27(35-47(40,41)28-13-8-7-9-14-28)15-16-30(29)45-24(3)12-10-11-17-44-31(22)20-36(6)48(42,43)32-25(4)34-46-26(32)5/h7-9,13-16,18,22-24,31,35,38H,10-12,17,19-21H2,1-6H3/t22-,23+,24+,31+/m0/s1. The number of nitrogens with zero attached hydrogens (tertiary/aromatic N) is 3. The number of sulfonamides is 2. The lowest BCUT2D eigenvalue weighted by molar-refractivity contribution is -0.00835. The number of hydrogen-bond donors (Lipinski definition) is 2. The number of carbonyl (C=O) groups excluding carboxylic acids is 1. The van der Waals surface area contributed by atoms with Crippen molar-refractivity contribution in [1.82, 2.24) is 14.4 Å². The predicted octanol–water partition coefficient (Wildman–Crippen LogP) is 4.21. The lowest BCUT2D eigenvalue weighted by atomic mass is 10.0. The number of nitrogens with one attached hydrogen (secondary N) is 1. The number of aromatic nitrogens is 1. The molecule has 0 radical (unpaired) electrons. The van der Waals surface area contributed by atoms with Crippen LogP contribution in [0.1, 0.15) is 61.8 Å². The van der Waals surface area contributed by atoms with Gasteiger partial charge in [-0.15, -0.1) is 0 Å². The lowest BCUT2D eigenvalue weighted by Crippen LogP contribution is -2.48. The molecule has 3 aromatic rings. The summed E-state index contributed by atoms with van der Waals surface area (Å²) < 4.78 is 74.7. The van der Waals surface area contributed by atoms with Gasteiger partial charge in [0.05, 0.1) is 35.3 Å². The van der Waals surface area contributed by atoms with E-state index in [1.807, 2.05) is 13.8 Å². The number of ether oxygens (including phenoxy) is 2. The molecule has 0 fully saturated rings. The summed E-state index contributed by atoms with van der Waals surface area (Å²) in [4.78, 5) is 15.9. The second-order valence-electron chi connectivity index (χ2n) is 12.4. The summed E-state index contributed by atoms with van der Waals surface area (Å²) in [7, 11) is -6.45. The Balaban J connectivity index is 1.69. The van der Waals surface area contributed by atoms with Crippen molar-refractivity contribution in [1.29, 1.82) is 0 Å². The van der Waals surface area contributed by atoms with E-state index in [0.717, 1.165) is 6.42 Å². The minimum atomic E-state index is -3.97. The molecule has 2 aromatic carbocycles. The maximum Gasteiger partial charge on any atom is 0.261 e. The number of carbonyl (C=O) groups is 1. The number of aliphatic hydroxyl groups excluding tert-OH is 1. The zero-order chi connectivity index (χ0) is 35.2. The molecule has 0 spiro atoms. The Hall–Kier alpha value is -3.50. The molecule has 1 aromatic heterocycles. The molecule has 1 aliphatic rings.